The lowest BCUT2D eigenvalue weighted by Crippen LogP contribution is -2.14. The van der Waals surface area contributed by atoms with Crippen molar-refractivity contribution in [2.45, 2.75) is 19.5 Å². The Bertz CT molecular complexity index is 1270. The van der Waals surface area contributed by atoms with E-state index < -0.39 is 17.6 Å². The van der Waals surface area contributed by atoms with Crippen LogP contribution >= 0.6 is 0 Å². The van der Waals surface area contributed by atoms with Gasteiger partial charge >= 0.3 is 6.18 Å². The first-order valence-corrected chi connectivity index (χ1v) is 9.68. The number of nitrogens with zero attached hydrogens (tertiary/aromatic N) is 4. The SMILES string of the molecule is O=C(Nc1cnn(Cc2cccc(F)c2)c1)c1ccn(COc2cccc(C(F)(F)F)c2)n1. The third-order valence-electron chi connectivity index (χ3n) is 4.52. The van der Waals surface area contributed by atoms with Crippen LogP contribution in [0, 0.1) is 5.82 Å². The number of hydrogen-bond donors (Lipinski definition) is 1. The van der Waals surface area contributed by atoms with Crippen LogP contribution in [0.1, 0.15) is 21.6 Å². The van der Waals surface area contributed by atoms with Crippen molar-refractivity contribution in [2.24, 2.45) is 0 Å². The highest BCUT2D eigenvalue weighted by molar-refractivity contribution is 6.02. The number of carbonyl (C=O) groups excluding carboxylic acids is 1. The Labute approximate surface area is 185 Å². The van der Waals surface area contributed by atoms with Crippen molar-refractivity contribution >= 4 is 11.6 Å². The van der Waals surface area contributed by atoms with Crippen LogP contribution in [0.2, 0.25) is 0 Å². The highest BCUT2D eigenvalue weighted by Gasteiger charge is 2.30. The Morgan fingerprint density at radius 2 is 1.88 bits per heavy atom. The van der Waals surface area contributed by atoms with Gasteiger partial charge in [-0.15, -0.1) is 0 Å². The molecule has 1 amide bonds. The maximum atomic E-state index is 13.3. The number of ether oxygens (including phenoxy) is 1. The number of alkyl halides is 3. The highest BCUT2D eigenvalue weighted by Crippen LogP contribution is 2.31. The van der Waals surface area contributed by atoms with Gasteiger partial charge in [0.1, 0.15) is 11.6 Å². The molecule has 2 aromatic carbocycles. The fraction of sp³-hybridized carbons (Fsp3) is 0.136. The number of benzene rings is 2. The van der Waals surface area contributed by atoms with Crippen LogP contribution in [0.4, 0.5) is 23.2 Å². The number of amides is 1. The third kappa shape index (κ3) is 5.76. The maximum Gasteiger partial charge on any atom is 0.416 e. The van der Waals surface area contributed by atoms with E-state index in [1.807, 2.05) is 0 Å². The first-order valence-electron chi connectivity index (χ1n) is 9.68. The van der Waals surface area contributed by atoms with Gasteiger partial charge in [0, 0.05) is 12.4 Å². The molecule has 11 heteroatoms. The molecule has 0 atom stereocenters. The van der Waals surface area contributed by atoms with Gasteiger partial charge < -0.3 is 10.1 Å². The minimum Gasteiger partial charge on any atom is -0.471 e. The van der Waals surface area contributed by atoms with E-state index in [0.717, 1.165) is 17.7 Å². The second-order valence-electron chi connectivity index (χ2n) is 7.05. The zero-order chi connectivity index (χ0) is 23.4. The van der Waals surface area contributed by atoms with Gasteiger partial charge in [-0.05, 0) is 42.0 Å². The van der Waals surface area contributed by atoms with Crippen LogP contribution in [0.25, 0.3) is 0 Å². The zero-order valence-electron chi connectivity index (χ0n) is 17.0. The zero-order valence-corrected chi connectivity index (χ0v) is 17.0. The Kier molecular flexibility index (Phi) is 6.11. The molecule has 0 spiro atoms. The van der Waals surface area contributed by atoms with Crippen LogP contribution < -0.4 is 10.1 Å². The molecule has 0 aliphatic rings. The molecule has 0 bridgehead atoms. The summed E-state index contributed by atoms with van der Waals surface area (Å²) in [4.78, 5) is 12.4. The van der Waals surface area contributed by atoms with Gasteiger partial charge in [0.15, 0.2) is 12.4 Å². The first kappa shape index (κ1) is 22.1. The molecule has 0 radical (unpaired) electrons. The second-order valence-corrected chi connectivity index (χ2v) is 7.05. The van der Waals surface area contributed by atoms with Crippen molar-refractivity contribution in [3.8, 4) is 5.75 Å². The summed E-state index contributed by atoms with van der Waals surface area (Å²) in [6, 6.07) is 12.0. The lowest BCUT2D eigenvalue weighted by atomic mass is 10.2. The molecule has 33 heavy (non-hydrogen) atoms. The van der Waals surface area contributed by atoms with Crippen LogP contribution in [0.3, 0.4) is 0 Å². The lowest BCUT2D eigenvalue weighted by molar-refractivity contribution is -0.137. The maximum absolute atomic E-state index is 13.3. The minimum atomic E-state index is -4.47. The van der Waals surface area contributed by atoms with E-state index in [-0.39, 0.29) is 24.0 Å². The summed E-state index contributed by atoms with van der Waals surface area (Å²) < 4.78 is 59.8. The lowest BCUT2D eigenvalue weighted by Gasteiger charge is -2.10. The number of aromatic nitrogens is 4. The van der Waals surface area contributed by atoms with Crippen molar-refractivity contribution < 1.29 is 27.1 Å². The summed E-state index contributed by atoms with van der Waals surface area (Å²) in [5, 5.41) is 10.8. The predicted molar refractivity (Wildman–Crippen MR) is 110 cm³/mol. The monoisotopic (exact) mass is 459 g/mol. The van der Waals surface area contributed by atoms with Crippen molar-refractivity contribution in [1.82, 2.24) is 19.6 Å². The summed E-state index contributed by atoms with van der Waals surface area (Å²) >= 11 is 0. The van der Waals surface area contributed by atoms with Gasteiger partial charge in [-0.25, -0.2) is 9.07 Å². The summed E-state index contributed by atoms with van der Waals surface area (Å²) in [6.07, 6.45) is 0.0405. The van der Waals surface area contributed by atoms with E-state index >= 15 is 0 Å². The number of hydrogen-bond acceptors (Lipinski definition) is 4. The second kappa shape index (κ2) is 9.15. The average molecular weight is 459 g/mol. The van der Waals surface area contributed by atoms with Crippen molar-refractivity contribution in [2.75, 3.05) is 5.32 Å². The number of anilines is 1. The Hall–Kier alpha value is -4.15. The quantitative estimate of drug-likeness (QED) is 0.411. The Morgan fingerprint density at radius 3 is 2.67 bits per heavy atom. The van der Waals surface area contributed by atoms with Crippen molar-refractivity contribution in [3.63, 3.8) is 0 Å². The summed E-state index contributed by atoms with van der Waals surface area (Å²) in [7, 11) is 0. The van der Waals surface area contributed by atoms with Gasteiger partial charge in [0.25, 0.3) is 5.91 Å². The molecule has 0 saturated carbocycles. The summed E-state index contributed by atoms with van der Waals surface area (Å²) in [5.74, 6) is -0.823. The molecule has 0 aliphatic heterocycles. The fourth-order valence-electron chi connectivity index (χ4n) is 2.99. The molecule has 7 nitrogen and oxygen atoms in total. The number of carbonyl (C=O) groups is 1. The number of nitrogens with one attached hydrogen (secondary N) is 1. The molecule has 0 fully saturated rings. The highest BCUT2D eigenvalue weighted by atomic mass is 19.4. The normalized spacial score (nSPS) is 11.4. The van der Waals surface area contributed by atoms with Gasteiger partial charge in [0.05, 0.1) is 24.0 Å². The Morgan fingerprint density at radius 1 is 1.06 bits per heavy atom. The molecular weight excluding hydrogens is 442 g/mol. The molecule has 2 aromatic heterocycles. The van der Waals surface area contributed by atoms with Gasteiger partial charge in [-0.2, -0.15) is 23.4 Å². The van der Waals surface area contributed by atoms with Crippen LogP contribution in [0.5, 0.6) is 5.75 Å². The molecule has 0 aliphatic carbocycles. The molecule has 170 valence electrons. The van der Waals surface area contributed by atoms with Crippen molar-refractivity contribution in [3.05, 3.63) is 95.8 Å². The van der Waals surface area contributed by atoms with E-state index in [2.05, 4.69) is 15.5 Å². The molecule has 0 saturated heterocycles. The van der Waals surface area contributed by atoms with Gasteiger partial charge in [0.2, 0.25) is 0 Å². The standard InChI is InChI=1S/C22H17F4N5O2/c23-17-5-1-3-15(9-17)12-31-13-18(11-27-31)28-21(32)20-7-8-30(29-20)14-33-19-6-2-4-16(10-19)22(24,25)26/h1-11,13H,12,14H2,(H,28,32). The molecule has 1 N–H and O–H groups in total. The van der Waals surface area contributed by atoms with E-state index in [0.29, 0.717) is 12.2 Å². The van der Waals surface area contributed by atoms with Gasteiger partial charge in [-0.1, -0.05) is 18.2 Å². The average Bonchev–Trinajstić information content (AvgIpc) is 3.41. The van der Waals surface area contributed by atoms with Crippen LogP contribution in [0.15, 0.2) is 73.2 Å². The van der Waals surface area contributed by atoms with Crippen molar-refractivity contribution in [1.29, 1.82) is 0 Å². The minimum absolute atomic E-state index is 0.0250. The summed E-state index contributed by atoms with van der Waals surface area (Å²) in [5.41, 5.74) is 0.403. The molecule has 0 unspecified atom stereocenters. The first-order chi connectivity index (χ1) is 15.8. The predicted octanol–water partition coefficient (Wildman–Crippen LogP) is 4.57. The van der Waals surface area contributed by atoms with E-state index in [1.54, 1.807) is 23.0 Å². The van der Waals surface area contributed by atoms with Crippen LogP contribution in [-0.4, -0.2) is 25.5 Å². The van der Waals surface area contributed by atoms with E-state index in [4.69, 9.17) is 4.74 Å². The smallest absolute Gasteiger partial charge is 0.416 e. The van der Waals surface area contributed by atoms with E-state index in [1.165, 1.54) is 47.4 Å². The molecule has 4 aromatic rings. The van der Waals surface area contributed by atoms with E-state index in [9.17, 15) is 22.4 Å². The fourth-order valence-corrected chi connectivity index (χ4v) is 2.99. The number of rotatable bonds is 7. The van der Waals surface area contributed by atoms with Gasteiger partial charge in [-0.3, -0.25) is 9.48 Å². The third-order valence-corrected chi connectivity index (χ3v) is 4.52. The topological polar surface area (TPSA) is 74.0 Å². The largest absolute Gasteiger partial charge is 0.471 e. The number of halogens is 4. The van der Waals surface area contributed by atoms with Crippen LogP contribution in [-0.2, 0) is 19.5 Å². The molecule has 2 heterocycles. The Balaban J connectivity index is 1.33. The summed E-state index contributed by atoms with van der Waals surface area (Å²) in [6.45, 7) is 0.148. The molecular formula is C22H17F4N5O2. The molecule has 4 rings (SSSR count).